The Morgan fingerprint density at radius 1 is 1.13 bits per heavy atom. The summed E-state index contributed by atoms with van der Waals surface area (Å²) in [4.78, 5) is 28.1. The molecule has 0 amide bonds. The molecule has 6 nitrogen and oxygen atoms in total. The summed E-state index contributed by atoms with van der Waals surface area (Å²) in [6.45, 7) is 5.33. The molecule has 1 heterocycles. The molecule has 0 bridgehead atoms. The van der Waals surface area contributed by atoms with E-state index in [2.05, 4.69) is 4.98 Å². The summed E-state index contributed by atoms with van der Waals surface area (Å²) in [5.41, 5.74) is 2.26. The molecule has 1 aromatic heterocycles. The second-order valence-electron chi connectivity index (χ2n) is 6.82. The zero-order valence-electron chi connectivity index (χ0n) is 17.3. The number of nitriles is 1. The lowest BCUT2D eigenvalue weighted by atomic mass is 10.0. The van der Waals surface area contributed by atoms with Crippen LogP contribution in [0.5, 0.6) is 5.75 Å². The molecule has 0 aliphatic carbocycles. The number of benzene rings is 2. The van der Waals surface area contributed by atoms with Gasteiger partial charge < -0.3 is 14.5 Å². The molecule has 0 fully saturated rings. The third-order valence-corrected chi connectivity index (χ3v) is 4.89. The zero-order chi connectivity index (χ0) is 21.8. The minimum Gasteiger partial charge on any atom is -0.497 e. The SMILES string of the molecule is CCOC(=O)c1c(C)[nH]c(C(=O)/C(C#N)=C/c2ccc3cc(OC)ccc3c2)c1C. The second-order valence-corrected chi connectivity index (χ2v) is 6.82. The molecule has 0 saturated carbocycles. The maximum Gasteiger partial charge on any atom is 0.340 e. The van der Waals surface area contributed by atoms with E-state index in [9.17, 15) is 14.9 Å². The number of nitrogens with zero attached hydrogens (tertiary/aromatic N) is 1. The van der Waals surface area contributed by atoms with Crippen molar-refractivity contribution in [3.05, 3.63) is 70.0 Å². The number of ketones is 1. The Labute approximate surface area is 174 Å². The van der Waals surface area contributed by atoms with E-state index in [-0.39, 0.29) is 17.9 Å². The van der Waals surface area contributed by atoms with Crippen LogP contribution in [0.1, 0.15) is 44.6 Å². The van der Waals surface area contributed by atoms with E-state index in [1.54, 1.807) is 34.0 Å². The minimum atomic E-state index is -0.491. The highest BCUT2D eigenvalue weighted by Gasteiger charge is 2.24. The lowest BCUT2D eigenvalue weighted by Crippen LogP contribution is -2.08. The van der Waals surface area contributed by atoms with Gasteiger partial charge in [0.15, 0.2) is 0 Å². The number of aromatic amines is 1. The third-order valence-electron chi connectivity index (χ3n) is 4.89. The van der Waals surface area contributed by atoms with Crippen LogP contribution in [0.15, 0.2) is 42.0 Å². The lowest BCUT2D eigenvalue weighted by Gasteiger charge is -2.04. The van der Waals surface area contributed by atoms with E-state index in [0.717, 1.165) is 22.1 Å². The number of carbonyl (C=O) groups excluding carboxylic acids is 2. The van der Waals surface area contributed by atoms with E-state index in [0.29, 0.717) is 16.8 Å². The number of aromatic nitrogens is 1. The van der Waals surface area contributed by atoms with Crippen LogP contribution in [-0.2, 0) is 4.74 Å². The average Bonchev–Trinajstić information content (AvgIpc) is 3.05. The van der Waals surface area contributed by atoms with Crippen molar-refractivity contribution in [1.82, 2.24) is 4.98 Å². The Balaban J connectivity index is 1.98. The fourth-order valence-corrected chi connectivity index (χ4v) is 3.40. The Bertz CT molecular complexity index is 1210. The van der Waals surface area contributed by atoms with Gasteiger partial charge in [0.25, 0.3) is 0 Å². The Kier molecular flexibility index (Phi) is 6.03. The van der Waals surface area contributed by atoms with Crippen LogP contribution >= 0.6 is 0 Å². The molecule has 3 rings (SSSR count). The summed E-state index contributed by atoms with van der Waals surface area (Å²) in [6.07, 6.45) is 1.55. The first kappa shape index (κ1) is 20.9. The van der Waals surface area contributed by atoms with Gasteiger partial charge in [-0.3, -0.25) is 4.79 Å². The number of nitrogens with one attached hydrogen (secondary N) is 1. The Morgan fingerprint density at radius 2 is 1.83 bits per heavy atom. The van der Waals surface area contributed by atoms with E-state index in [4.69, 9.17) is 9.47 Å². The summed E-state index contributed by atoms with van der Waals surface area (Å²) in [7, 11) is 1.61. The molecule has 0 saturated heterocycles. The van der Waals surface area contributed by atoms with Crippen molar-refractivity contribution in [2.75, 3.05) is 13.7 Å². The van der Waals surface area contributed by atoms with Gasteiger partial charge in [-0.1, -0.05) is 18.2 Å². The van der Waals surface area contributed by atoms with Crippen molar-refractivity contribution in [3.8, 4) is 11.8 Å². The highest BCUT2D eigenvalue weighted by molar-refractivity contribution is 6.15. The van der Waals surface area contributed by atoms with Gasteiger partial charge in [0.05, 0.1) is 25.0 Å². The van der Waals surface area contributed by atoms with Crippen molar-refractivity contribution in [3.63, 3.8) is 0 Å². The fraction of sp³-hybridized carbons (Fsp3) is 0.208. The van der Waals surface area contributed by atoms with Gasteiger partial charge >= 0.3 is 5.97 Å². The molecule has 152 valence electrons. The number of aryl methyl sites for hydroxylation is 1. The first-order chi connectivity index (χ1) is 14.4. The molecule has 0 aliphatic heterocycles. The molecule has 2 aromatic carbocycles. The van der Waals surface area contributed by atoms with Gasteiger partial charge in [-0.25, -0.2) is 4.79 Å². The second kappa shape index (κ2) is 8.66. The van der Waals surface area contributed by atoms with Crippen molar-refractivity contribution >= 4 is 28.6 Å². The van der Waals surface area contributed by atoms with Crippen LogP contribution in [0.25, 0.3) is 16.8 Å². The van der Waals surface area contributed by atoms with E-state index < -0.39 is 11.8 Å². The lowest BCUT2D eigenvalue weighted by molar-refractivity contribution is 0.0525. The fourth-order valence-electron chi connectivity index (χ4n) is 3.40. The summed E-state index contributed by atoms with van der Waals surface area (Å²) in [6, 6.07) is 13.3. The van der Waals surface area contributed by atoms with Crippen molar-refractivity contribution in [1.29, 1.82) is 5.26 Å². The first-order valence-electron chi connectivity index (χ1n) is 9.50. The minimum absolute atomic E-state index is 0.0254. The largest absolute Gasteiger partial charge is 0.497 e. The maximum absolute atomic E-state index is 13.0. The van der Waals surface area contributed by atoms with E-state index in [1.807, 2.05) is 42.5 Å². The first-order valence-corrected chi connectivity index (χ1v) is 9.50. The molecule has 0 aliphatic rings. The smallest absolute Gasteiger partial charge is 0.340 e. The number of Topliss-reactive ketones (excluding diaryl/α,β-unsaturated/α-hetero) is 1. The van der Waals surface area contributed by atoms with Crippen molar-refractivity contribution in [2.24, 2.45) is 0 Å². The number of ether oxygens (including phenoxy) is 2. The van der Waals surface area contributed by atoms with Gasteiger partial charge in [-0.15, -0.1) is 0 Å². The number of esters is 1. The van der Waals surface area contributed by atoms with Gasteiger partial charge in [-0.05, 0) is 66.9 Å². The van der Waals surface area contributed by atoms with Gasteiger partial charge in [0, 0.05) is 5.69 Å². The van der Waals surface area contributed by atoms with Crippen LogP contribution in [-0.4, -0.2) is 30.5 Å². The van der Waals surface area contributed by atoms with Gasteiger partial charge in [0.1, 0.15) is 17.4 Å². The molecular formula is C24H22N2O4. The molecule has 1 N–H and O–H groups in total. The average molecular weight is 402 g/mol. The summed E-state index contributed by atoms with van der Waals surface area (Å²) in [5.74, 6) is -0.201. The molecule has 0 atom stereocenters. The number of carbonyl (C=O) groups is 2. The number of hydrogen-bond donors (Lipinski definition) is 1. The number of rotatable bonds is 6. The van der Waals surface area contributed by atoms with Crippen LogP contribution in [0.2, 0.25) is 0 Å². The van der Waals surface area contributed by atoms with Gasteiger partial charge in [0.2, 0.25) is 5.78 Å². The molecule has 30 heavy (non-hydrogen) atoms. The maximum atomic E-state index is 13.0. The zero-order valence-corrected chi connectivity index (χ0v) is 17.3. The molecule has 6 heteroatoms. The standard InChI is InChI=1S/C24H22N2O4/c1-5-30-24(28)21-14(2)22(26-15(21)3)23(27)19(13-25)11-16-6-7-18-12-20(29-4)9-8-17(18)10-16/h6-12,26H,5H2,1-4H3/b19-11+. The summed E-state index contributed by atoms with van der Waals surface area (Å²) in [5, 5.41) is 11.6. The highest BCUT2D eigenvalue weighted by Crippen LogP contribution is 2.25. The predicted molar refractivity (Wildman–Crippen MR) is 115 cm³/mol. The van der Waals surface area contributed by atoms with Crippen molar-refractivity contribution in [2.45, 2.75) is 20.8 Å². The topological polar surface area (TPSA) is 92.2 Å². The predicted octanol–water partition coefficient (Wildman–Crippen LogP) is 4.76. The Hall–Kier alpha value is -3.85. The molecule has 3 aromatic rings. The Morgan fingerprint density at radius 3 is 2.50 bits per heavy atom. The van der Waals surface area contributed by atoms with E-state index in [1.165, 1.54) is 0 Å². The van der Waals surface area contributed by atoms with E-state index >= 15 is 0 Å². The molecule has 0 unspecified atom stereocenters. The molecule has 0 spiro atoms. The van der Waals surface area contributed by atoms with Crippen LogP contribution in [0.3, 0.4) is 0 Å². The number of H-pyrrole nitrogens is 1. The monoisotopic (exact) mass is 402 g/mol. The molecular weight excluding hydrogens is 380 g/mol. The number of methoxy groups -OCH3 is 1. The summed E-state index contributed by atoms with van der Waals surface area (Å²) >= 11 is 0. The van der Waals surface area contributed by atoms with Crippen LogP contribution < -0.4 is 4.74 Å². The number of allylic oxidation sites excluding steroid dienone is 1. The van der Waals surface area contributed by atoms with Gasteiger partial charge in [-0.2, -0.15) is 5.26 Å². The van der Waals surface area contributed by atoms with Crippen molar-refractivity contribution < 1.29 is 19.1 Å². The number of fused-ring (bicyclic) bond motifs is 1. The normalized spacial score (nSPS) is 11.2. The molecule has 0 radical (unpaired) electrons. The van der Waals surface area contributed by atoms with Crippen LogP contribution in [0, 0.1) is 25.2 Å². The summed E-state index contributed by atoms with van der Waals surface area (Å²) < 4.78 is 10.3. The highest BCUT2D eigenvalue weighted by atomic mass is 16.5. The quantitative estimate of drug-likeness (QED) is 0.278. The van der Waals surface area contributed by atoms with Crippen LogP contribution in [0.4, 0.5) is 0 Å². The third kappa shape index (κ3) is 3.96. The number of hydrogen-bond acceptors (Lipinski definition) is 5.